The number of hydrogen-bond acceptors (Lipinski definition) is 3. The second-order valence-electron chi connectivity index (χ2n) is 3.72. The topological polar surface area (TPSA) is 24.9 Å². The molecule has 0 aliphatic carbocycles. The molecule has 0 aliphatic rings. The van der Waals surface area contributed by atoms with E-state index in [1.165, 1.54) is 10.4 Å². The maximum absolute atomic E-state index is 6.00. The van der Waals surface area contributed by atoms with Gasteiger partial charge in [0.05, 0.1) is 0 Å². The molecule has 0 fully saturated rings. The second kappa shape index (κ2) is 5.96. The quantitative estimate of drug-likeness (QED) is 0.897. The third kappa shape index (κ3) is 3.52. The van der Waals surface area contributed by atoms with Crippen molar-refractivity contribution in [2.24, 2.45) is 0 Å². The number of thiophene rings is 1. The van der Waals surface area contributed by atoms with Crippen molar-refractivity contribution < 1.29 is 0 Å². The number of halogens is 2. The summed E-state index contributed by atoms with van der Waals surface area (Å²) in [4.78, 5) is 5.24. The number of hydrogen-bond donors (Lipinski definition) is 1. The van der Waals surface area contributed by atoms with Gasteiger partial charge in [0.15, 0.2) is 0 Å². The van der Waals surface area contributed by atoms with Gasteiger partial charge in [-0.1, -0.05) is 11.6 Å². The molecule has 2 nitrogen and oxygen atoms in total. The Labute approximate surface area is 118 Å². The molecule has 2 rings (SSSR count). The van der Waals surface area contributed by atoms with Crippen LogP contribution in [0.5, 0.6) is 0 Å². The predicted molar refractivity (Wildman–Crippen MR) is 76.5 cm³/mol. The fourth-order valence-corrected chi connectivity index (χ4v) is 3.24. The predicted octanol–water partition coefficient (Wildman–Crippen LogP) is 4.41. The third-order valence-corrected chi connectivity index (χ3v) is 4.96. The van der Waals surface area contributed by atoms with Crippen molar-refractivity contribution in [1.82, 2.24) is 10.3 Å². The van der Waals surface area contributed by atoms with Gasteiger partial charge >= 0.3 is 0 Å². The standard InChI is InChI=1S/C12H12BrClN2S/c1-8(9-2-4-15-5-3-9)16-7-10-6-11(13)12(14)17-10/h2-6,8,16H,7H2,1H3. The van der Waals surface area contributed by atoms with E-state index in [1.807, 2.05) is 24.5 Å². The van der Waals surface area contributed by atoms with Crippen molar-refractivity contribution in [3.63, 3.8) is 0 Å². The van der Waals surface area contributed by atoms with Gasteiger partial charge in [-0.2, -0.15) is 0 Å². The Balaban J connectivity index is 1.94. The van der Waals surface area contributed by atoms with Crippen molar-refractivity contribution in [3.8, 4) is 0 Å². The van der Waals surface area contributed by atoms with Crippen LogP contribution in [0.2, 0.25) is 4.34 Å². The molecule has 90 valence electrons. The van der Waals surface area contributed by atoms with Crippen molar-refractivity contribution in [3.05, 3.63) is 49.8 Å². The lowest BCUT2D eigenvalue weighted by Crippen LogP contribution is -2.17. The van der Waals surface area contributed by atoms with Crippen LogP contribution in [0, 0.1) is 0 Å². The first kappa shape index (κ1) is 13.0. The zero-order valence-corrected chi connectivity index (χ0v) is 12.4. The Morgan fingerprint density at radius 3 is 2.76 bits per heavy atom. The molecule has 2 heterocycles. The molecule has 0 saturated carbocycles. The van der Waals surface area contributed by atoms with Crippen LogP contribution >= 0.6 is 38.9 Å². The zero-order chi connectivity index (χ0) is 12.3. The highest BCUT2D eigenvalue weighted by Gasteiger charge is 2.07. The van der Waals surface area contributed by atoms with Crippen LogP contribution in [0.25, 0.3) is 0 Å². The first-order chi connectivity index (χ1) is 8.16. The number of pyridine rings is 1. The smallest absolute Gasteiger partial charge is 0.107 e. The number of aromatic nitrogens is 1. The summed E-state index contributed by atoms with van der Waals surface area (Å²) >= 11 is 11.0. The normalized spacial score (nSPS) is 12.6. The van der Waals surface area contributed by atoms with Crippen molar-refractivity contribution in [2.45, 2.75) is 19.5 Å². The lowest BCUT2D eigenvalue weighted by atomic mass is 10.1. The van der Waals surface area contributed by atoms with Gasteiger partial charge in [0.1, 0.15) is 4.34 Å². The van der Waals surface area contributed by atoms with E-state index >= 15 is 0 Å². The molecule has 0 bridgehead atoms. The summed E-state index contributed by atoms with van der Waals surface area (Å²) in [7, 11) is 0. The van der Waals surface area contributed by atoms with Gasteiger partial charge in [0.25, 0.3) is 0 Å². The van der Waals surface area contributed by atoms with Crippen LogP contribution in [0.15, 0.2) is 35.1 Å². The lowest BCUT2D eigenvalue weighted by Gasteiger charge is -2.12. The van der Waals surface area contributed by atoms with Crippen LogP contribution in [0.1, 0.15) is 23.4 Å². The largest absolute Gasteiger partial charge is 0.305 e. The average Bonchev–Trinajstić information content (AvgIpc) is 2.67. The molecule has 2 aromatic heterocycles. The Bertz CT molecular complexity index is 467. The molecule has 17 heavy (non-hydrogen) atoms. The average molecular weight is 332 g/mol. The first-order valence-corrected chi connectivity index (χ1v) is 7.22. The molecule has 0 radical (unpaired) electrons. The van der Waals surface area contributed by atoms with Gasteiger partial charge in [-0.15, -0.1) is 11.3 Å². The van der Waals surface area contributed by atoms with E-state index in [0.717, 1.165) is 15.4 Å². The molecular weight excluding hydrogens is 320 g/mol. The molecule has 1 atom stereocenters. The van der Waals surface area contributed by atoms with E-state index in [2.05, 4.69) is 39.2 Å². The van der Waals surface area contributed by atoms with Crippen LogP contribution < -0.4 is 5.32 Å². The van der Waals surface area contributed by atoms with Gasteiger partial charge in [0, 0.05) is 34.3 Å². The summed E-state index contributed by atoms with van der Waals surface area (Å²) in [5.41, 5.74) is 1.24. The summed E-state index contributed by atoms with van der Waals surface area (Å²) in [5, 5.41) is 3.46. The van der Waals surface area contributed by atoms with Crippen LogP contribution in [-0.4, -0.2) is 4.98 Å². The van der Waals surface area contributed by atoms with Gasteiger partial charge in [0.2, 0.25) is 0 Å². The van der Waals surface area contributed by atoms with Crippen LogP contribution in [-0.2, 0) is 6.54 Å². The van der Waals surface area contributed by atoms with Crippen molar-refractivity contribution in [1.29, 1.82) is 0 Å². The maximum atomic E-state index is 6.00. The Morgan fingerprint density at radius 2 is 2.18 bits per heavy atom. The van der Waals surface area contributed by atoms with Crippen LogP contribution in [0.3, 0.4) is 0 Å². The second-order valence-corrected chi connectivity index (χ2v) is 6.31. The summed E-state index contributed by atoms with van der Waals surface area (Å²) in [6.45, 7) is 2.96. The summed E-state index contributed by atoms with van der Waals surface area (Å²) in [6, 6.07) is 6.40. The Morgan fingerprint density at radius 1 is 1.47 bits per heavy atom. The number of nitrogens with one attached hydrogen (secondary N) is 1. The number of rotatable bonds is 4. The fraction of sp³-hybridized carbons (Fsp3) is 0.250. The summed E-state index contributed by atoms with van der Waals surface area (Å²) in [5.74, 6) is 0. The molecule has 1 unspecified atom stereocenters. The molecule has 0 spiro atoms. The van der Waals surface area contributed by atoms with Crippen LogP contribution in [0.4, 0.5) is 0 Å². The van der Waals surface area contributed by atoms with E-state index in [1.54, 1.807) is 11.3 Å². The van der Waals surface area contributed by atoms with Gasteiger partial charge < -0.3 is 5.32 Å². The molecule has 1 N–H and O–H groups in total. The minimum atomic E-state index is 0.303. The highest BCUT2D eigenvalue weighted by atomic mass is 79.9. The summed E-state index contributed by atoms with van der Waals surface area (Å²) in [6.07, 6.45) is 3.62. The van der Waals surface area contributed by atoms with E-state index in [9.17, 15) is 0 Å². The SMILES string of the molecule is CC(NCc1cc(Br)c(Cl)s1)c1ccncc1. The van der Waals surface area contributed by atoms with Gasteiger partial charge in [-0.25, -0.2) is 0 Å². The summed E-state index contributed by atoms with van der Waals surface area (Å²) < 4.78 is 1.77. The van der Waals surface area contributed by atoms with E-state index < -0.39 is 0 Å². The Hall–Kier alpha value is -0.420. The fourth-order valence-electron chi connectivity index (χ4n) is 1.50. The Kier molecular flexibility index (Phi) is 4.56. The molecular formula is C12H12BrClN2S. The number of nitrogens with zero attached hydrogens (tertiary/aromatic N) is 1. The minimum absolute atomic E-state index is 0.303. The molecule has 0 amide bonds. The molecule has 0 aromatic carbocycles. The van der Waals surface area contributed by atoms with Crippen molar-refractivity contribution >= 4 is 38.9 Å². The van der Waals surface area contributed by atoms with Gasteiger partial charge in [-0.05, 0) is 46.6 Å². The molecule has 2 aromatic rings. The highest BCUT2D eigenvalue weighted by Crippen LogP contribution is 2.32. The molecule has 0 aliphatic heterocycles. The maximum Gasteiger partial charge on any atom is 0.107 e. The van der Waals surface area contributed by atoms with Gasteiger partial charge in [-0.3, -0.25) is 4.98 Å². The van der Waals surface area contributed by atoms with E-state index in [-0.39, 0.29) is 0 Å². The molecule has 0 saturated heterocycles. The van der Waals surface area contributed by atoms with E-state index in [4.69, 9.17) is 11.6 Å². The first-order valence-electron chi connectivity index (χ1n) is 5.24. The highest BCUT2D eigenvalue weighted by molar-refractivity contribution is 9.10. The minimum Gasteiger partial charge on any atom is -0.305 e. The lowest BCUT2D eigenvalue weighted by molar-refractivity contribution is 0.578. The monoisotopic (exact) mass is 330 g/mol. The molecule has 5 heteroatoms. The zero-order valence-electron chi connectivity index (χ0n) is 9.28. The van der Waals surface area contributed by atoms with Crippen molar-refractivity contribution in [2.75, 3.05) is 0 Å². The van der Waals surface area contributed by atoms with E-state index in [0.29, 0.717) is 6.04 Å². The third-order valence-electron chi connectivity index (χ3n) is 2.48.